The molecule has 5 nitrogen and oxygen atoms in total. The summed E-state index contributed by atoms with van der Waals surface area (Å²) < 4.78 is 12.3. The monoisotopic (exact) mass is 511 g/mol. The number of nitrogens with one attached hydrogen (secondary N) is 1. The smallest absolute Gasteiger partial charge is 0.229 e. The van der Waals surface area contributed by atoms with Crippen LogP contribution in [0.1, 0.15) is 5.56 Å². The lowest BCUT2D eigenvalue weighted by atomic mass is 9.98. The zero-order valence-electron chi connectivity index (χ0n) is 21.1. The number of fused-ring (bicyclic) bond motifs is 1. The van der Waals surface area contributed by atoms with Crippen LogP contribution in [0.15, 0.2) is 95.5 Å². The Hall–Kier alpha value is -3.80. The van der Waals surface area contributed by atoms with Crippen molar-refractivity contribution in [1.29, 1.82) is 0 Å². The van der Waals surface area contributed by atoms with Crippen LogP contribution < -0.4 is 10.1 Å². The first kappa shape index (κ1) is 24.9. The molecule has 188 valence electrons. The van der Waals surface area contributed by atoms with Crippen LogP contribution in [0.25, 0.3) is 33.6 Å². The first-order valence-electron chi connectivity index (χ1n) is 12.4. The second-order valence-corrected chi connectivity index (χ2v) is 9.63. The third-order valence-corrected chi connectivity index (χ3v) is 6.47. The van der Waals surface area contributed by atoms with Crippen molar-refractivity contribution < 1.29 is 9.15 Å². The van der Waals surface area contributed by atoms with Crippen molar-refractivity contribution in [2.45, 2.75) is 6.42 Å². The highest BCUT2D eigenvalue weighted by atomic mass is 35.5. The minimum absolute atomic E-state index is 0.608. The third kappa shape index (κ3) is 5.96. The molecule has 0 radical (unpaired) electrons. The molecule has 37 heavy (non-hydrogen) atoms. The number of benzene rings is 3. The number of rotatable bonds is 10. The molecule has 0 saturated heterocycles. The van der Waals surface area contributed by atoms with Gasteiger partial charge in [0.05, 0.1) is 5.39 Å². The molecule has 1 N–H and O–H groups in total. The average Bonchev–Trinajstić information content (AvgIpc) is 3.31. The zero-order valence-corrected chi connectivity index (χ0v) is 21.8. The van der Waals surface area contributed by atoms with Gasteiger partial charge in [0.2, 0.25) is 5.71 Å². The van der Waals surface area contributed by atoms with Crippen molar-refractivity contribution in [2.75, 3.05) is 39.1 Å². The first-order chi connectivity index (χ1) is 18.1. The maximum absolute atomic E-state index is 6.40. The predicted molar refractivity (Wildman–Crippen MR) is 153 cm³/mol. The van der Waals surface area contributed by atoms with Crippen LogP contribution in [0.2, 0.25) is 5.02 Å². The minimum atomic E-state index is 0.608. The summed E-state index contributed by atoms with van der Waals surface area (Å²) in [5.41, 5.74) is 5.92. The fraction of sp³-hybridized carbons (Fsp3) is 0.194. The third-order valence-electron chi connectivity index (χ3n) is 6.22. The van der Waals surface area contributed by atoms with Crippen molar-refractivity contribution in [3.8, 4) is 28.2 Å². The van der Waals surface area contributed by atoms with Gasteiger partial charge in [-0.1, -0.05) is 54.1 Å². The number of pyridine rings is 1. The summed E-state index contributed by atoms with van der Waals surface area (Å²) in [6, 6.07) is 28.4. The van der Waals surface area contributed by atoms with Gasteiger partial charge in [-0.2, -0.15) is 0 Å². The number of furan rings is 1. The van der Waals surface area contributed by atoms with Crippen LogP contribution in [0.4, 0.5) is 5.69 Å². The van der Waals surface area contributed by atoms with E-state index in [0.29, 0.717) is 12.3 Å². The van der Waals surface area contributed by atoms with E-state index in [2.05, 4.69) is 39.5 Å². The number of nitrogens with zero attached hydrogens (tertiary/aromatic N) is 2. The summed E-state index contributed by atoms with van der Waals surface area (Å²) in [5, 5.41) is 5.34. The van der Waals surface area contributed by atoms with Crippen LogP contribution >= 0.6 is 11.6 Å². The molecular weight excluding hydrogens is 482 g/mol. The molecule has 2 aromatic heterocycles. The van der Waals surface area contributed by atoms with E-state index >= 15 is 0 Å². The van der Waals surface area contributed by atoms with Gasteiger partial charge in [-0.25, -0.2) is 4.98 Å². The Balaban J connectivity index is 1.47. The molecule has 5 aromatic rings. The summed E-state index contributed by atoms with van der Waals surface area (Å²) in [5.74, 6) is 1.63. The van der Waals surface area contributed by atoms with Gasteiger partial charge in [-0.3, -0.25) is 0 Å². The lowest BCUT2D eigenvalue weighted by molar-refractivity contribution is 0.261. The number of hydrogen-bond acceptors (Lipinski definition) is 5. The second-order valence-electron chi connectivity index (χ2n) is 9.19. The second kappa shape index (κ2) is 11.5. The van der Waals surface area contributed by atoms with Crippen LogP contribution in [-0.2, 0) is 6.42 Å². The van der Waals surface area contributed by atoms with E-state index in [9.17, 15) is 0 Å². The van der Waals surface area contributed by atoms with Gasteiger partial charge in [0.1, 0.15) is 18.1 Å². The lowest BCUT2D eigenvalue weighted by Gasteiger charge is -2.11. The normalized spacial score (nSPS) is 11.2. The molecule has 0 atom stereocenters. The summed E-state index contributed by atoms with van der Waals surface area (Å²) >= 11 is 6.04. The molecule has 0 spiro atoms. The van der Waals surface area contributed by atoms with E-state index < -0.39 is 0 Å². The Labute approximate surface area is 222 Å². The van der Waals surface area contributed by atoms with E-state index in [1.54, 1.807) is 6.20 Å². The van der Waals surface area contributed by atoms with Crippen molar-refractivity contribution >= 4 is 28.4 Å². The molecule has 0 fully saturated rings. The minimum Gasteiger partial charge on any atom is -0.492 e. The van der Waals surface area contributed by atoms with Crippen molar-refractivity contribution in [3.63, 3.8) is 0 Å². The molecular formula is C31H30ClN3O2. The van der Waals surface area contributed by atoms with Gasteiger partial charge in [0.25, 0.3) is 0 Å². The molecule has 0 unspecified atom stereocenters. The number of likely N-dealkylation sites (N-methyl/N-ethyl adjacent to an activating group) is 1. The SMILES string of the molecule is CN(C)CCOc1ccc(-c2oc3nccc(NCCc4ccc(Cl)cc4)c3c2-c2ccccc2)cc1. The topological polar surface area (TPSA) is 50.5 Å². The Kier molecular flexibility index (Phi) is 7.73. The molecule has 0 aliphatic heterocycles. The first-order valence-corrected chi connectivity index (χ1v) is 12.8. The van der Waals surface area contributed by atoms with E-state index in [-0.39, 0.29) is 0 Å². The van der Waals surface area contributed by atoms with E-state index in [4.69, 9.17) is 20.8 Å². The Morgan fingerprint density at radius 1 is 0.892 bits per heavy atom. The highest BCUT2D eigenvalue weighted by Gasteiger charge is 2.21. The summed E-state index contributed by atoms with van der Waals surface area (Å²) in [6.07, 6.45) is 2.67. The van der Waals surface area contributed by atoms with Crippen LogP contribution in [0.3, 0.4) is 0 Å². The van der Waals surface area contributed by atoms with Gasteiger partial charge < -0.3 is 19.4 Å². The number of aromatic nitrogens is 1. The fourth-order valence-corrected chi connectivity index (χ4v) is 4.42. The Morgan fingerprint density at radius 3 is 2.38 bits per heavy atom. The standard InChI is InChI=1S/C31H30ClN3O2/c1-35(2)20-21-36-26-14-10-24(11-15-26)30-28(23-6-4-3-5-7-23)29-27(17-19-34-31(29)37-30)33-18-16-22-8-12-25(32)13-9-22/h3-15,17,19H,16,18,20-21H2,1-2H3,(H,33,34). The van der Waals surface area contributed by atoms with Crippen LogP contribution in [0, 0.1) is 0 Å². The molecule has 0 amide bonds. The summed E-state index contributed by atoms with van der Waals surface area (Å²) in [7, 11) is 4.07. The molecule has 0 bridgehead atoms. The van der Waals surface area contributed by atoms with E-state index in [0.717, 1.165) is 63.8 Å². The van der Waals surface area contributed by atoms with Gasteiger partial charge in [-0.15, -0.1) is 0 Å². The van der Waals surface area contributed by atoms with E-state index in [1.807, 2.05) is 74.8 Å². The number of anilines is 1. The van der Waals surface area contributed by atoms with Crippen LogP contribution in [0.5, 0.6) is 5.75 Å². The molecule has 0 saturated carbocycles. The molecule has 6 heteroatoms. The van der Waals surface area contributed by atoms with Gasteiger partial charge in [0.15, 0.2) is 0 Å². The van der Waals surface area contributed by atoms with Crippen LogP contribution in [-0.4, -0.2) is 43.7 Å². The quantitative estimate of drug-likeness (QED) is 0.211. The Bertz CT molecular complexity index is 1450. The summed E-state index contributed by atoms with van der Waals surface area (Å²) in [4.78, 5) is 6.67. The summed E-state index contributed by atoms with van der Waals surface area (Å²) in [6.45, 7) is 2.28. The molecule has 0 aliphatic carbocycles. The highest BCUT2D eigenvalue weighted by molar-refractivity contribution is 6.30. The number of halogens is 1. The van der Waals surface area contributed by atoms with Gasteiger partial charge in [-0.05, 0) is 74.1 Å². The van der Waals surface area contributed by atoms with Crippen molar-refractivity contribution in [2.24, 2.45) is 0 Å². The highest BCUT2D eigenvalue weighted by Crippen LogP contribution is 2.43. The Morgan fingerprint density at radius 2 is 1.65 bits per heavy atom. The maximum Gasteiger partial charge on any atom is 0.229 e. The van der Waals surface area contributed by atoms with E-state index in [1.165, 1.54) is 5.56 Å². The van der Waals surface area contributed by atoms with Crippen molar-refractivity contribution in [3.05, 3.63) is 102 Å². The number of hydrogen-bond donors (Lipinski definition) is 1. The number of ether oxygens (including phenoxy) is 1. The fourth-order valence-electron chi connectivity index (χ4n) is 4.29. The van der Waals surface area contributed by atoms with Gasteiger partial charge >= 0.3 is 0 Å². The molecule has 3 aromatic carbocycles. The molecule has 5 rings (SSSR count). The largest absolute Gasteiger partial charge is 0.492 e. The predicted octanol–water partition coefficient (Wildman–Crippen LogP) is 7.41. The lowest BCUT2D eigenvalue weighted by Crippen LogP contribution is -2.19. The molecule has 2 heterocycles. The van der Waals surface area contributed by atoms with Crippen molar-refractivity contribution in [1.82, 2.24) is 9.88 Å². The zero-order chi connectivity index (χ0) is 25.6. The average molecular weight is 512 g/mol. The molecule has 0 aliphatic rings. The maximum atomic E-state index is 6.40. The van der Waals surface area contributed by atoms with Gasteiger partial charge in [0, 0.05) is 41.1 Å².